The quantitative estimate of drug-likeness (QED) is 0.231. The molecule has 0 fully saturated rings. The molecular formula is C30H26IN3O5S. The van der Waals surface area contributed by atoms with Gasteiger partial charge in [0.25, 0.3) is 5.56 Å². The highest BCUT2D eigenvalue weighted by atomic mass is 127. The van der Waals surface area contributed by atoms with Crippen molar-refractivity contribution in [2.45, 2.75) is 33.7 Å². The van der Waals surface area contributed by atoms with Crippen molar-refractivity contribution in [3.8, 4) is 17.2 Å². The summed E-state index contributed by atoms with van der Waals surface area (Å²) in [5.74, 6) is 0.695. The molecule has 6 rings (SSSR count). The number of rotatable bonds is 5. The Balaban J connectivity index is 1.52. The summed E-state index contributed by atoms with van der Waals surface area (Å²) in [5.41, 5.74) is 5.45. The van der Waals surface area contributed by atoms with Gasteiger partial charge in [-0.1, -0.05) is 17.4 Å². The lowest BCUT2D eigenvalue weighted by molar-refractivity contribution is -0.139. The van der Waals surface area contributed by atoms with Gasteiger partial charge in [-0.2, -0.15) is 0 Å². The molecular weight excluding hydrogens is 641 g/mol. The van der Waals surface area contributed by atoms with Crippen molar-refractivity contribution in [2.75, 3.05) is 13.4 Å². The van der Waals surface area contributed by atoms with Gasteiger partial charge in [0.2, 0.25) is 6.79 Å². The molecule has 0 saturated heterocycles. The minimum Gasteiger partial charge on any atom is -0.463 e. The van der Waals surface area contributed by atoms with E-state index in [1.807, 2.05) is 25.1 Å². The molecule has 4 aromatic rings. The largest absolute Gasteiger partial charge is 0.463 e. The Hall–Kier alpha value is -3.64. The van der Waals surface area contributed by atoms with Gasteiger partial charge >= 0.3 is 5.97 Å². The minimum absolute atomic E-state index is 0.127. The number of allylic oxidation sites excluding steroid dienone is 1. The summed E-state index contributed by atoms with van der Waals surface area (Å²) < 4.78 is 21.9. The summed E-state index contributed by atoms with van der Waals surface area (Å²) in [6, 6.07) is 15.2. The number of thiazole rings is 1. The van der Waals surface area contributed by atoms with E-state index in [4.69, 9.17) is 14.2 Å². The van der Waals surface area contributed by atoms with Gasteiger partial charge in [-0.25, -0.2) is 9.79 Å². The van der Waals surface area contributed by atoms with E-state index in [1.165, 1.54) is 14.9 Å². The van der Waals surface area contributed by atoms with Crippen LogP contribution < -0.4 is 24.4 Å². The van der Waals surface area contributed by atoms with Crippen LogP contribution in [0.2, 0.25) is 0 Å². The van der Waals surface area contributed by atoms with Crippen LogP contribution in [0.15, 0.2) is 69.6 Å². The second kappa shape index (κ2) is 10.4. The first-order chi connectivity index (χ1) is 19.3. The molecule has 1 atom stereocenters. The summed E-state index contributed by atoms with van der Waals surface area (Å²) >= 11 is 3.60. The van der Waals surface area contributed by atoms with Crippen LogP contribution >= 0.6 is 33.9 Å². The normalized spacial score (nSPS) is 16.2. The van der Waals surface area contributed by atoms with Gasteiger partial charge < -0.3 is 18.8 Å². The summed E-state index contributed by atoms with van der Waals surface area (Å²) in [4.78, 5) is 32.4. The number of aryl methyl sites for hydroxylation is 1. The number of carbonyl (C=O) groups excluding carboxylic acids is 1. The van der Waals surface area contributed by atoms with Gasteiger partial charge in [-0.05, 0) is 110 Å². The third kappa shape index (κ3) is 4.48. The van der Waals surface area contributed by atoms with Crippen molar-refractivity contribution in [3.05, 3.63) is 106 Å². The lowest BCUT2D eigenvalue weighted by Crippen LogP contribution is -2.39. The van der Waals surface area contributed by atoms with Gasteiger partial charge in [-0.3, -0.25) is 9.36 Å². The Morgan fingerprint density at radius 2 is 1.88 bits per heavy atom. The fourth-order valence-electron chi connectivity index (χ4n) is 5.25. The van der Waals surface area contributed by atoms with Crippen LogP contribution in [0.3, 0.4) is 0 Å². The third-order valence-electron chi connectivity index (χ3n) is 7.07. The highest BCUT2D eigenvalue weighted by Crippen LogP contribution is 2.38. The molecule has 2 aromatic heterocycles. The molecule has 0 N–H and O–H groups in total. The van der Waals surface area contributed by atoms with Crippen LogP contribution in [0, 0.1) is 17.4 Å². The molecule has 0 aliphatic carbocycles. The van der Waals surface area contributed by atoms with Gasteiger partial charge in [-0.15, -0.1) is 0 Å². The molecule has 0 unspecified atom stereocenters. The average molecular weight is 668 g/mol. The molecule has 0 amide bonds. The SMILES string of the molecule is CCOC(=O)C1=C(C)N=c2s/c(=C\c3cc(C)n(-c4ccc(I)cc4)c3C)c(=O)n2[C@H]1c1ccc2c(c1)OCO2. The van der Waals surface area contributed by atoms with Crippen LogP contribution in [-0.4, -0.2) is 28.5 Å². The van der Waals surface area contributed by atoms with Crippen molar-refractivity contribution in [1.29, 1.82) is 0 Å². The number of benzene rings is 2. The lowest BCUT2D eigenvalue weighted by Gasteiger charge is -2.24. The van der Waals surface area contributed by atoms with Crippen molar-refractivity contribution in [2.24, 2.45) is 4.99 Å². The van der Waals surface area contributed by atoms with E-state index in [2.05, 4.69) is 69.4 Å². The monoisotopic (exact) mass is 667 g/mol. The molecule has 0 saturated carbocycles. The molecule has 0 radical (unpaired) electrons. The van der Waals surface area contributed by atoms with Crippen molar-refractivity contribution in [1.82, 2.24) is 9.13 Å². The van der Waals surface area contributed by atoms with E-state index < -0.39 is 12.0 Å². The van der Waals surface area contributed by atoms with E-state index in [0.717, 1.165) is 22.6 Å². The molecule has 40 heavy (non-hydrogen) atoms. The summed E-state index contributed by atoms with van der Waals surface area (Å²) in [5, 5.41) is 0. The summed E-state index contributed by atoms with van der Waals surface area (Å²) in [7, 11) is 0. The standard InChI is InChI=1S/C30H26IN3O5S/c1-5-37-29(36)26-17(3)32-30-34(27(26)19-6-11-23-24(13-19)39-15-38-23)28(35)25(40-30)14-20-12-16(2)33(18(20)4)22-9-7-21(31)8-10-22/h6-14,27H,5,15H2,1-4H3/b25-14-/t27-/m0/s1. The predicted molar refractivity (Wildman–Crippen MR) is 161 cm³/mol. The van der Waals surface area contributed by atoms with E-state index in [9.17, 15) is 9.59 Å². The Bertz CT molecular complexity index is 1880. The number of halogens is 1. The number of fused-ring (bicyclic) bond motifs is 2. The first-order valence-corrected chi connectivity index (χ1v) is 14.7. The predicted octanol–water partition coefficient (Wildman–Crippen LogP) is 4.54. The maximum Gasteiger partial charge on any atom is 0.338 e. The van der Waals surface area contributed by atoms with Crippen LogP contribution in [-0.2, 0) is 9.53 Å². The van der Waals surface area contributed by atoms with E-state index in [-0.39, 0.29) is 19.0 Å². The minimum atomic E-state index is -0.717. The van der Waals surface area contributed by atoms with Crippen LogP contribution in [0.5, 0.6) is 11.5 Å². The van der Waals surface area contributed by atoms with Gasteiger partial charge in [0.05, 0.1) is 28.5 Å². The first-order valence-electron chi connectivity index (χ1n) is 12.8. The molecule has 10 heteroatoms. The average Bonchev–Trinajstić information content (AvgIpc) is 3.59. The second-order valence-corrected chi connectivity index (χ2v) is 11.8. The fourth-order valence-corrected chi connectivity index (χ4v) is 6.65. The zero-order valence-electron chi connectivity index (χ0n) is 22.4. The Morgan fingerprint density at radius 1 is 1.12 bits per heavy atom. The maximum atomic E-state index is 14.0. The second-order valence-electron chi connectivity index (χ2n) is 9.55. The number of esters is 1. The van der Waals surface area contributed by atoms with Gasteiger partial charge in [0.1, 0.15) is 0 Å². The molecule has 0 spiro atoms. The van der Waals surface area contributed by atoms with E-state index >= 15 is 0 Å². The zero-order valence-corrected chi connectivity index (χ0v) is 25.3. The number of nitrogens with zero attached hydrogens (tertiary/aromatic N) is 3. The van der Waals surface area contributed by atoms with Crippen molar-refractivity contribution >= 4 is 46.0 Å². The smallest absolute Gasteiger partial charge is 0.338 e. The lowest BCUT2D eigenvalue weighted by atomic mass is 9.95. The number of aromatic nitrogens is 2. The highest BCUT2D eigenvalue weighted by Gasteiger charge is 2.34. The van der Waals surface area contributed by atoms with Gasteiger partial charge in [0.15, 0.2) is 16.3 Å². The van der Waals surface area contributed by atoms with Crippen LogP contribution in [0.4, 0.5) is 0 Å². The number of ether oxygens (including phenoxy) is 3. The number of hydrogen-bond acceptors (Lipinski definition) is 7. The Labute approximate surface area is 248 Å². The maximum absolute atomic E-state index is 14.0. The van der Waals surface area contributed by atoms with Gasteiger partial charge in [0, 0.05) is 20.6 Å². The first kappa shape index (κ1) is 26.6. The molecule has 2 aliphatic heterocycles. The van der Waals surface area contributed by atoms with E-state index in [0.29, 0.717) is 37.7 Å². The van der Waals surface area contributed by atoms with Crippen molar-refractivity contribution < 1.29 is 19.0 Å². The molecule has 2 aromatic carbocycles. The zero-order chi connectivity index (χ0) is 28.1. The fraction of sp³-hybridized carbons (Fsp3) is 0.233. The Morgan fingerprint density at radius 3 is 2.62 bits per heavy atom. The third-order valence-corrected chi connectivity index (χ3v) is 8.77. The topological polar surface area (TPSA) is 84.1 Å². The Kier molecular flexibility index (Phi) is 6.91. The van der Waals surface area contributed by atoms with E-state index in [1.54, 1.807) is 24.5 Å². The molecule has 204 valence electrons. The van der Waals surface area contributed by atoms with Crippen molar-refractivity contribution in [3.63, 3.8) is 0 Å². The summed E-state index contributed by atoms with van der Waals surface area (Å²) in [6.45, 7) is 7.97. The van der Waals surface area contributed by atoms with Crippen LogP contribution in [0.25, 0.3) is 11.8 Å². The molecule has 8 nitrogen and oxygen atoms in total. The van der Waals surface area contributed by atoms with Crippen LogP contribution in [0.1, 0.15) is 42.4 Å². The molecule has 2 aliphatic rings. The highest BCUT2D eigenvalue weighted by molar-refractivity contribution is 14.1. The molecule has 0 bridgehead atoms. The number of carbonyl (C=O) groups is 1. The number of hydrogen-bond donors (Lipinski definition) is 0. The molecule has 4 heterocycles. The summed E-state index contributed by atoms with van der Waals surface area (Å²) in [6.07, 6.45) is 1.91.